The van der Waals surface area contributed by atoms with Crippen molar-refractivity contribution in [2.24, 2.45) is 11.8 Å². The maximum absolute atomic E-state index is 14.8. The first-order valence-electron chi connectivity index (χ1n) is 13.0. The van der Waals surface area contributed by atoms with Gasteiger partial charge in [0.2, 0.25) is 5.91 Å². The molecule has 1 aliphatic carbocycles. The summed E-state index contributed by atoms with van der Waals surface area (Å²) in [6, 6.07) is 3.14. The lowest BCUT2D eigenvalue weighted by molar-refractivity contribution is -0.118. The maximum Gasteiger partial charge on any atom is 0.276 e. The predicted molar refractivity (Wildman–Crippen MR) is 146 cm³/mol. The molecule has 2 aliphatic rings. The lowest BCUT2D eigenvalue weighted by Crippen LogP contribution is -2.28. The van der Waals surface area contributed by atoms with Gasteiger partial charge < -0.3 is 10.4 Å². The Bertz CT molecular complexity index is 1750. The number of fused-ring (bicyclic) bond motifs is 1. The summed E-state index contributed by atoms with van der Waals surface area (Å²) >= 11 is 5.82. The molecule has 216 valence electrons. The molecule has 42 heavy (non-hydrogen) atoms. The Morgan fingerprint density at radius 3 is 2.69 bits per heavy atom. The highest BCUT2D eigenvalue weighted by molar-refractivity contribution is 6.31. The van der Waals surface area contributed by atoms with Gasteiger partial charge in [-0.05, 0) is 43.9 Å². The van der Waals surface area contributed by atoms with Gasteiger partial charge in [0.05, 0.1) is 40.5 Å². The third kappa shape index (κ3) is 4.83. The van der Waals surface area contributed by atoms with E-state index in [0.29, 0.717) is 18.0 Å². The molecule has 6 rings (SSSR count). The number of anilines is 2. The minimum atomic E-state index is -3.01. The number of hydrogen-bond donors (Lipinski definition) is 2. The molecule has 1 saturated carbocycles. The van der Waals surface area contributed by atoms with Crippen molar-refractivity contribution >= 4 is 34.9 Å². The largest absolute Gasteiger partial charge is 0.504 e. The van der Waals surface area contributed by atoms with Gasteiger partial charge in [0.15, 0.2) is 17.4 Å². The van der Waals surface area contributed by atoms with Gasteiger partial charge in [-0.1, -0.05) is 17.7 Å². The van der Waals surface area contributed by atoms with E-state index >= 15 is 0 Å². The molecule has 2 fully saturated rings. The number of hydrogen-bond acceptors (Lipinski definition) is 7. The molecule has 0 unspecified atom stereocenters. The van der Waals surface area contributed by atoms with Gasteiger partial charge in [-0.15, -0.1) is 0 Å². The molecule has 4 aromatic rings. The summed E-state index contributed by atoms with van der Waals surface area (Å²) in [7, 11) is 0. The van der Waals surface area contributed by atoms with Crippen molar-refractivity contribution in [1.29, 1.82) is 0 Å². The van der Waals surface area contributed by atoms with Crippen LogP contribution in [0.25, 0.3) is 11.3 Å². The zero-order valence-electron chi connectivity index (χ0n) is 22.2. The Balaban J connectivity index is 1.20. The smallest absolute Gasteiger partial charge is 0.276 e. The first-order chi connectivity index (χ1) is 20.0. The van der Waals surface area contributed by atoms with E-state index in [1.54, 1.807) is 12.4 Å². The van der Waals surface area contributed by atoms with Crippen molar-refractivity contribution in [2.45, 2.75) is 32.7 Å². The van der Waals surface area contributed by atoms with Crippen LogP contribution in [0.3, 0.4) is 0 Å². The van der Waals surface area contributed by atoms with Crippen molar-refractivity contribution in [3.05, 3.63) is 76.3 Å². The lowest BCUT2D eigenvalue weighted by Gasteiger charge is -2.20. The molecule has 1 saturated heterocycles. The van der Waals surface area contributed by atoms with Gasteiger partial charge in [-0.2, -0.15) is 5.10 Å². The van der Waals surface area contributed by atoms with Gasteiger partial charge in [-0.25, -0.2) is 23.1 Å². The second kappa shape index (κ2) is 10.4. The molecule has 1 aliphatic heterocycles. The zero-order chi connectivity index (χ0) is 29.9. The van der Waals surface area contributed by atoms with Crippen LogP contribution in [0.2, 0.25) is 5.02 Å². The Labute approximate surface area is 242 Å². The van der Waals surface area contributed by atoms with Crippen molar-refractivity contribution < 1.29 is 27.9 Å². The number of benzene rings is 1. The molecule has 2 amide bonds. The van der Waals surface area contributed by atoms with Crippen LogP contribution in [0.1, 0.15) is 53.1 Å². The molecule has 1 aromatic carbocycles. The highest BCUT2D eigenvalue weighted by Crippen LogP contribution is 2.48. The van der Waals surface area contributed by atoms with E-state index in [1.165, 1.54) is 28.8 Å². The van der Waals surface area contributed by atoms with Crippen molar-refractivity contribution in [3.8, 4) is 17.0 Å². The van der Waals surface area contributed by atoms with E-state index in [-0.39, 0.29) is 51.2 Å². The van der Waals surface area contributed by atoms with Crippen molar-refractivity contribution in [1.82, 2.24) is 24.7 Å². The summed E-state index contributed by atoms with van der Waals surface area (Å²) in [5, 5.41) is 17.1. The molecule has 2 N–H and O–H groups in total. The molecule has 10 nitrogen and oxygen atoms in total. The number of nitrogens with zero attached hydrogens (tertiary/aromatic N) is 6. The second-order valence-electron chi connectivity index (χ2n) is 10.3. The second-order valence-corrected chi connectivity index (χ2v) is 10.7. The average molecular weight is 598 g/mol. The fraction of sp³-hybridized carbons (Fsp3) is 0.286. The summed E-state index contributed by atoms with van der Waals surface area (Å²) in [5.41, 5.74) is -0.546. The fourth-order valence-electron chi connectivity index (χ4n) is 5.12. The molecule has 0 spiro atoms. The van der Waals surface area contributed by atoms with Crippen LogP contribution >= 0.6 is 11.6 Å². The van der Waals surface area contributed by atoms with Gasteiger partial charge in [0.25, 0.3) is 12.3 Å². The van der Waals surface area contributed by atoms with E-state index in [0.717, 1.165) is 24.8 Å². The van der Waals surface area contributed by atoms with E-state index in [1.807, 2.05) is 6.92 Å². The molecular weight excluding hydrogens is 575 g/mol. The Morgan fingerprint density at radius 2 is 2.00 bits per heavy atom. The minimum absolute atomic E-state index is 0.0197. The Hall–Kier alpha value is -4.52. The van der Waals surface area contributed by atoms with Gasteiger partial charge in [0, 0.05) is 36.0 Å². The quantitative estimate of drug-likeness (QED) is 0.295. The van der Waals surface area contributed by atoms with E-state index in [2.05, 4.69) is 25.4 Å². The molecule has 3 aromatic heterocycles. The van der Waals surface area contributed by atoms with Crippen LogP contribution in [0.4, 0.5) is 24.7 Å². The standard InChI is InChI=1S/C28H23ClF3N7O3/c1-12-24(37-20(9-33-12)22-17(25(31)32)3-4-19(29)23(22)30)27(41)36-16-8-35-39(11-16)13(2)14-6-21(40)26(34-7-14)38-10-15-5-18(15)28(38)42/h3-4,6-9,11,13,15,18,25,40H,5,10H2,1-2H3,(H,36,41)/t13-,15-,18-/m1/s1. The van der Waals surface area contributed by atoms with E-state index in [9.17, 15) is 27.9 Å². The molecule has 3 atom stereocenters. The van der Waals surface area contributed by atoms with Crippen LogP contribution < -0.4 is 10.2 Å². The number of halogens is 4. The number of aryl methyl sites for hydroxylation is 1. The summed E-state index contributed by atoms with van der Waals surface area (Å²) in [5.74, 6) is -1.34. The maximum atomic E-state index is 14.8. The Morgan fingerprint density at radius 1 is 1.21 bits per heavy atom. The van der Waals surface area contributed by atoms with Gasteiger partial charge >= 0.3 is 0 Å². The fourth-order valence-corrected chi connectivity index (χ4v) is 5.27. The third-order valence-electron chi connectivity index (χ3n) is 7.57. The highest BCUT2D eigenvalue weighted by Gasteiger charge is 2.53. The zero-order valence-corrected chi connectivity index (χ0v) is 23.0. The number of aromatic nitrogens is 5. The number of pyridine rings is 1. The SMILES string of the molecule is Cc1ncc(-c2c(C(F)F)ccc(Cl)c2F)nc1C(=O)Nc1cnn([C@H](C)c2cnc(N3C[C@H]4C[C@H]4C3=O)c(O)c2)c1. The van der Waals surface area contributed by atoms with E-state index in [4.69, 9.17) is 11.6 Å². The highest BCUT2D eigenvalue weighted by atomic mass is 35.5. The number of rotatable bonds is 7. The lowest BCUT2D eigenvalue weighted by atomic mass is 10.0. The average Bonchev–Trinajstić information content (AvgIpc) is 3.46. The first kappa shape index (κ1) is 27.6. The van der Waals surface area contributed by atoms with Crippen LogP contribution in [0, 0.1) is 24.6 Å². The minimum Gasteiger partial charge on any atom is -0.504 e. The molecule has 14 heteroatoms. The third-order valence-corrected chi connectivity index (χ3v) is 7.87. The molecule has 0 bridgehead atoms. The predicted octanol–water partition coefficient (Wildman–Crippen LogP) is 5.32. The molecule has 4 heterocycles. The number of carbonyl (C=O) groups excluding carboxylic acids is 2. The molecule has 0 radical (unpaired) electrons. The van der Waals surface area contributed by atoms with Gasteiger partial charge in [-0.3, -0.25) is 24.2 Å². The summed E-state index contributed by atoms with van der Waals surface area (Å²) < 4.78 is 43.5. The van der Waals surface area contributed by atoms with Crippen LogP contribution in [-0.4, -0.2) is 48.2 Å². The van der Waals surface area contributed by atoms with Crippen LogP contribution in [0.15, 0.2) is 43.0 Å². The summed E-state index contributed by atoms with van der Waals surface area (Å²) in [6.07, 6.45) is 3.47. The first-order valence-corrected chi connectivity index (χ1v) is 13.4. The van der Waals surface area contributed by atoms with E-state index < -0.39 is 35.3 Å². The monoisotopic (exact) mass is 597 g/mol. The number of amides is 2. The topological polar surface area (TPSA) is 126 Å². The summed E-state index contributed by atoms with van der Waals surface area (Å²) in [4.78, 5) is 39.5. The van der Waals surface area contributed by atoms with Crippen LogP contribution in [-0.2, 0) is 4.79 Å². The summed E-state index contributed by atoms with van der Waals surface area (Å²) in [6.45, 7) is 3.86. The van der Waals surface area contributed by atoms with Crippen LogP contribution in [0.5, 0.6) is 5.75 Å². The normalized spacial score (nSPS) is 18.4. The number of piperidine rings is 1. The Kier molecular flexibility index (Phi) is 6.84. The number of nitrogens with one attached hydrogen (secondary N) is 1. The number of alkyl halides is 2. The van der Waals surface area contributed by atoms with Crippen molar-refractivity contribution in [2.75, 3.05) is 16.8 Å². The number of carbonyl (C=O) groups is 2. The van der Waals surface area contributed by atoms with Gasteiger partial charge in [0.1, 0.15) is 5.69 Å². The number of aromatic hydroxyl groups is 1. The van der Waals surface area contributed by atoms with Crippen molar-refractivity contribution in [3.63, 3.8) is 0 Å². The molecular formula is C28H23ClF3N7O3.